The van der Waals surface area contributed by atoms with Crippen molar-refractivity contribution in [3.63, 3.8) is 0 Å². The van der Waals surface area contributed by atoms with E-state index < -0.39 is 0 Å². The van der Waals surface area contributed by atoms with Crippen molar-refractivity contribution in [2.24, 2.45) is 0 Å². The Morgan fingerprint density at radius 2 is 1.46 bits per heavy atom. The van der Waals surface area contributed by atoms with E-state index in [0.29, 0.717) is 10.8 Å². The van der Waals surface area contributed by atoms with E-state index in [0.717, 1.165) is 33.4 Å². The number of nitrogens with zero attached hydrogens (tertiary/aromatic N) is 1. The quantitative estimate of drug-likeness (QED) is 0.415. The van der Waals surface area contributed by atoms with Crippen molar-refractivity contribution in [1.82, 2.24) is 14.5 Å². The first-order chi connectivity index (χ1) is 13.7. The lowest BCUT2D eigenvalue weighted by molar-refractivity contribution is 0.982. The second-order valence-corrected chi connectivity index (χ2v) is 6.98. The Hall–Kier alpha value is -3.50. The van der Waals surface area contributed by atoms with Gasteiger partial charge in [-0.1, -0.05) is 72.3 Å². The molecule has 0 fully saturated rings. The van der Waals surface area contributed by atoms with Crippen molar-refractivity contribution in [2.75, 3.05) is 0 Å². The highest BCUT2D eigenvalue weighted by molar-refractivity contribution is 6.33. The lowest BCUT2D eigenvalue weighted by Crippen LogP contribution is -2.15. The number of hydrogen-bond donors (Lipinski definition) is 2. The number of nitrogens with one attached hydrogen (secondary N) is 2. The molecule has 5 aromatic rings. The number of aromatic nitrogens is 3. The summed E-state index contributed by atoms with van der Waals surface area (Å²) in [5.74, 6) is 0.712. The minimum absolute atomic E-state index is 0.189. The summed E-state index contributed by atoms with van der Waals surface area (Å²) in [6.07, 6.45) is 0. The van der Waals surface area contributed by atoms with Gasteiger partial charge in [-0.3, -0.25) is 0 Å². The average Bonchev–Trinajstić information content (AvgIpc) is 3.29. The van der Waals surface area contributed by atoms with Crippen LogP contribution in [0.2, 0.25) is 5.02 Å². The Morgan fingerprint density at radius 3 is 2.29 bits per heavy atom. The number of imidazole rings is 1. The van der Waals surface area contributed by atoms with Gasteiger partial charge < -0.3 is 9.97 Å². The largest absolute Gasteiger partial charge is 0.340 e. The Balaban J connectivity index is 1.83. The molecule has 0 aliphatic heterocycles. The molecule has 0 saturated carbocycles. The van der Waals surface area contributed by atoms with Crippen molar-refractivity contribution in [3.05, 3.63) is 100 Å². The maximum atomic E-state index is 12.8. The Morgan fingerprint density at radius 1 is 0.750 bits per heavy atom. The van der Waals surface area contributed by atoms with Crippen LogP contribution >= 0.6 is 11.6 Å². The summed E-state index contributed by atoms with van der Waals surface area (Å²) in [5.41, 5.74) is 5.12. The second kappa shape index (κ2) is 6.59. The van der Waals surface area contributed by atoms with Crippen LogP contribution in [0.3, 0.4) is 0 Å². The molecule has 2 N–H and O–H groups in total. The molecule has 0 bridgehead atoms. The molecule has 5 heteroatoms. The molecule has 3 aromatic carbocycles. The van der Waals surface area contributed by atoms with Gasteiger partial charge in [-0.05, 0) is 29.8 Å². The van der Waals surface area contributed by atoms with E-state index in [1.807, 2.05) is 84.9 Å². The Bertz CT molecular complexity index is 1350. The third kappa shape index (κ3) is 2.66. The van der Waals surface area contributed by atoms with Crippen LogP contribution in [0.4, 0.5) is 0 Å². The Labute approximate surface area is 166 Å². The molecule has 0 amide bonds. The van der Waals surface area contributed by atoms with Gasteiger partial charge in [0, 0.05) is 21.8 Å². The Kier molecular flexibility index (Phi) is 3.92. The molecule has 4 nitrogen and oxygen atoms in total. The minimum atomic E-state index is -0.189. The molecule has 5 rings (SSSR count). The summed E-state index contributed by atoms with van der Waals surface area (Å²) >= 11 is 6.42. The summed E-state index contributed by atoms with van der Waals surface area (Å²) in [5, 5.41) is 0.654. The number of para-hydroxylation sites is 2. The molecule has 136 valence electrons. The molecule has 0 atom stereocenters. The topological polar surface area (TPSA) is 53.6 Å². The first-order valence-electron chi connectivity index (χ1n) is 8.96. The van der Waals surface area contributed by atoms with E-state index in [9.17, 15) is 4.79 Å². The van der Waals surface area contributed by atoms with Gasteiger partial charge in [0.2, 0.25) is 0 Å². The van der Waals surface area contributed by atoms with Crippen LogP contribution in [-0.2, 0) is 0 Å². The highest BCUT2D eigenvalue weighted by Crippen LogP contribution is 2.35. The lowest BCUT2D eigenvalue weighted by atomic mass is 10.1. The zero-order chi connectivity index (χ0) is 19.1. The molecule has 0 spiro atoms. The maximum Gasteiger partial charge on any atom is 0.332 e. The predicted octanol–water partition coefficient (Wildman–Crippen LogP) is 5.63. The van der Waals surface area contributed by atoms with Crippen LogP contribution in [0.5, 0.6) is 0 Å². The van der Waals surface area contributed by atoms with E-state index in [1.54, 1.807) is 4.57 Å². The van der Waals surface area contributed by atoms with Gasteiger partial charge in [0.1, 0.15) is 5.82 Å². The third-order valence-corrected chi connectivity index (χ3v) is 5.19. The van der Waals surface area contributed by atoms with Crippen LogP contribution < -0.4 is 5.69 Å². The molecule has 0 radical (unpaired) electrons. The number of rotatable bonds is 3. The average molecular weight is 386 g/mol. The predicted molar refractivity (Wildman–Crippen MR) is 114 cm³/mol. The standard InChI is InChI=1S/C23H16ClN3O/c24-18-11-5-4-10-16(18)20-14-17(15-8-2-1-3-9-15)22(25-20)27-21-13-7-6-12-19(21)26-23(27)28/h1-14,25H,(H,26,28). The van der Waals surface area contributed by atoms with Crippen LogP contribution in [0, 0.1) is 0 Å². The number of hydrogen-bond acceptors (Lipinski definition) is 1. The fourth-order valence-electron chi connectivity index (χ4n) is 3.56. The summed E-state index contributed by atoms with van der Waals surface area (Å²) in [6, 6.07) is 27.4. The van der Waals surface area contributed by atoms with Gasteiger partial charge >= 0.3 is 5.69 Å². The molecular weight excluding hydrogens is 370 g/mol. The van der Waals surface area contributed by atoms with Gasteiger partial charge in [-0.2, -0.15) is 0 Å². The van der Waals surface area contributed by atoms with Crippen LogP contribution in [0.15, 0.2) is 89.7 Å². The van der Waals surface area contributed by atoms with Gasteiger partial charge in [-0.15, -0.1) is 0 Å². The molecule has 2 heterocycles. The summed E-state index contributed by atoms with van der Waals surface area (Å²) in [4.78, 5) is 19.2. The van der Waals surface area contributed by atoms with Gasteiger partial charge in [-0.25, -0.2) is 9.36 Å². The van der Waals surface area contributed by atoms with Crippen molar-refractivity contribution in [3.8, 4) is 28.2 Å². The third-order valence-electron chi connectivity index (χ3n) is 4.86. The molecule has 0 aliphatic carbocycles. The normalized spacial score (nSPS) is 11.2. The first kappa shape index (κ1) is 16.7. The smallest absolute Gasteiger partial charge is 0.332 e. The minimum Gasteiger partial charge on any atom is -0.340 e. The summed E-state index contributed by atoms with van der Waals surface area (Å²) in [7, 11) is 0. The number of fused-ring (bicyclic) bond motifs is 1. The fraction of sp³-hybridized carbons (Fsp3) is 0. The number of aromatic amines is 2. The SMILES string of the molecule is O=c1[nH]c2ccccc2n1-c1[nH]c(-c2ccccc2Cl)cc1-c1ccccc1. The van der Waals surface area contributed by atoms with E-state index in [-0.39, 0.29) is 5.69 Å². The van der Waals surface area contributed by atoms with E-state index in [2.05, 4.69) is 9.97 Å². The van der Waals surface area contributed by atoms with E-state index in [4.69, 9.17) is 11.6 Å². The zero-order valence-corrected chi connectivity index (χ0v) is 15.6. The molecule has 2 aromatic heterocycles. The highest BCUT2D eigenvalue weighted by Gasteiger charge is 2.18. The highest BCUT2D eigenvalue weighted by atomic mass is 35.5. The second-order valence-electron chi connectivity index (χ2n) is 6.57. The monoisotopic (exact) mass is 385 g/mol. The first-order valence-corrected chi connectivity index (χ1v) is 9.33. The summed E-state index contributed by atoms with van der Waals surface area (Å²) in [6.45, 7) is 0. The maximum absolute atomic E-state index is 12.8. The molecule has 0 saturated heterocycles. The number of H-pyrrole nitrogens is 2. The summed E-state index contributed by atoms with van der Waals surface area (Å²) < 4.78 is 1.68. The lowest BCUT2D eigenvalue weighted by Gasteiger charge is -2.06. The van der Waals surface area contributed by atoms with Crippen molar-refractivity contribution in [2.45, 2.75) is 0 Å². The molecule has 0 unspecified atom stereocenters. The van der Waals surface area contributed by atoms with E-state index >= 15 is 0 Å². The molecule has 28 heavy (non-hydrogen) atoms. The van der Waals surface area contributed by atoms with Gasteiger partial charge in [0.05, 0.1) is 11.0 Å². The molecule has 0 aliphatic rings. The number of halogens is 1. The van der Waals surface area contributed by atoms with Crippen LogP contribution in [0.25, 0.3) is 39.2 Å². The van der Waals surface area contributed by atoms with Crippen molar-refractivity contribution >= 4 is 22.6 Å². The van der Waals surface area contributed by atoms with Crippen LogP contribution in [-0.4, -0.2) is 14.5 Å². The zero-order valence-electron chi connectivity index (χ0n) is 14.8. The van der Waals surface area contributed by atoms with E-state index in [1.165, 1.54) is 0 Å². The van der Waals surface area contributed by atoms with Crippen LogP contribution in [0.1, 0.15) is 0 Å². The van der Waals surface area contributed by atoms with Crippen molar-refractivity contribution < 1.29 is 0 Å². The molecular formula is C23H16ClN3O. The fourth-order valence-corrected chi connectivity index (χ4v) is 3.80. The van der Waals surface area contributed by atoms with Gasteiger partial charge in [0.25, 0.3) is 0 Å². The van der Waals surface area contributed by atoms with Crippen molar-refractivity contribution in [1.29, 1.82) is 0 Å². The van der Waals surface area contributed by atoms with Gasteiger partial charge in [0.15, 0.2) is 0 Å². The number of benzene rings is 3.